The third-order valence-electron chi connectivity index (χ3n) is 3.01. The molecule has 0 bridgehead atoms. The van der Waals surface area contributed by atoms with Crippen LogP contribution in [-0.2, 0) is 4.74 Å². The topological polar surface area (TPSA) is 38.3 Å². The van der Waals surface area contributed by atoms with E-state index in [2.05, 4.69) is 28.2 Å². The molecule has 0 spiro atoms. The number of aryl methyl sites for hydroxylation is 1. The van der Waals surface area contributed by atoms with Crippen molar-refractivity contribution in [1.29, 1.82) is 0 Å². The first kappa shape index (κ1) is 12.6. The Kier molecular flexibility index (Phi) is 3.54. The van der Waals surface area contributed by atoms with Crippen molar-refractivity contribution in [3.63, 3.8) is 0 Å². The third-order valence-corrected chi connectivity index (χ3v) is 4.07. The number of ether oxygens (including phenoxy) is 1. The lowest BCUT2D eigenvalue weighted by Crippen LogP contribution is -2.48. The lowest BCUT2D eigenvalue weighted by Gasteiger charge is -2.38. The van der Waals surface area contributed by atoms with Crippen LogP contribution in [-0.4, -0.2) is 25.7 Å². The smallest absolute Gasteiger partial charge is 0.252 e. The van der Waals surface area contributed by atoms with Gasteiger partial charge in [-0.05, 0) is 34.5 Å². The van der Waals surface area contributed by atoms with Crippen LogP contribution in [0, 0.1) is 12.3 Å². The van der Waals surface area contributed by atoms with E-state index in [9.17, 15) is 4.79 Å². The molecule has 0 radical (unpaired) electrons. The van der Waals surface area contributed by atoms with Crippen LogP contribution in [0.4, 0.5) is 0 Å². The quantitative estimate of drug-likeness (QED) is 0.931. The van der Waals surface area contributed by atoms with E-state index in [0.717, 1.165) is 23.2 Å². The molecule has 1 aromatic rings. The van der Waals surface area contributed by atoms with E-state index < -0.39 is 0 Å². The largest absolute Gasteiger partial charge is 0.380 e. The molecule has 0 unspecified atom stereocenters. The molecule has 1 fully saturated rings. The number of rotatable bonds is 3. The van der Waals surface area contributed by atoms with Gasteiger partial charge in [-0.3, -0.25) is 4.79 Å². The van der Waals surface area contributed by atoms with Crippen molar-refractivity contribution in [2.75, 3.05) is 19.8 Å². The highest BCUT2D eigenvalue weighted by Gasteiger charge is 2.33. The van der Waals surface area contributed by atoms with Crippen LogP contribution in [0.1, 0.15) is 22.8 Å². The van der Waals surface area contributed by atoms with Crippen LogP contribution in [0.3, 0.4) is 0 Å². The highest BCUT2D eigenvalue weighted by Crippen LogP contribution is 2.26. The fourth-order valence-corrected chi connectivity index (χ4v) is 2.21. The van der Waals surface area contributed by atoms with E-state index >= 15 is 0 Å². The first-order chi connectivity index (χ1) is 8.02. The number of hydrogen-bond donors (Lipinski definition) is 1. The lowest BCUT2D eigenvalue weighted by molar-refractivity contribution is -0.0978. The van der Waals surface area contributed by atoms with Gasteiger partial charge in [-0.25, -0.2) is 0 Å². The number of hydrogen-bond acceptors (Lipinski definition) is 2. The molecule has 1 heterocycles. The lowest BCUT2D eigenvalue weighted by atomic mass is 9.88. The predicted molar refractivity (Wildman–Crippen MR) is 70.1 cm³/mol. The summed E-state index contributed by atoms with van der Waals surface area (Å²) in [5.74, 6) is -0.0336. The fourth-order valence-electron chi connectivity index (χ4n) is 1.76. The number of benzene rings is 1. The molecule has 1 aromatic carbocycles. The first-order valence-electron chi connectivity index (χ1n) is 5.63. The second-order valence-electron chi connectivity index (χ2n) is 4.92. The first-order valence-corrected chi connectivity index (χ1v) is 6.42. The maximum atomic E-state index is 12.0. The van der Waals surface area contributed by atoms with E-state index in [-0.39, 0.29) is 11.3 Å². The van der Waals surface area contributed by atoms with Gasteiger partial charge in [-0.1, -0.05) is 19.1 Å². The average molecular weight is 298 g/mol. The van der Waals surface area contributed by atoms with Crippen molar-refractivity contribution in [2.45, 2.75) is 13.8 Å². The molecule has 0 atom stereocenters. The minimum Gasteiger partial charge on any atom is -0.380 e. The molecule has 4 heteroatoms. The van der Waals surface area contributed by atoms with Gasteiger partial charge in [0.2, 0.25) is 0 Å². The standard InChI is InChI=1S/C13H16BrNO2/c1-9-4-3-5-10(11(9)14)12(16)15-6-13(2)7-17-8-13/h3-5H,6-8H2,1-2H3,(H,15,16). The van der Waals surface area contributed by atoms with E-state index in [0.29, 0.717) is 12.1 Å². The SMILES string of the molecule is Cc1cccc(C(=O)NCC2(C)COC2)c1Br. The van der Waals surface area contributed by atoms with Crippen LogP contribution in [0.15, 0.2) is 22.7 Å². The normalized spacial score (nSPS) is 17.4. The summed E-state index contributed by atoms with van der Waals surface area (Å²) in [4.78, 5) is 12.0. The molecule has 1 amide bonds. The Morgan fingerprint density at radius 2 is 2.24 bits per heavy atom. The molecule has 2 rings (SSSR count). The third kappa shape index (κ3) is 2.69. The molecular weight excluding hydrogens is 282 g/mol. The van der Waals surface area contributed by atoms with Crippen LogP contribution < -0.4 is 5.32 Å². The molecule has 1 N–H and O–H groups in total. The van der Waals surface area contributed by atoms with Gasteiger partial charge < -0.3 is 10.1 Å². The number of carbonyl (C=O) groups excluding carboxylic acids is 1. The Hall–Kier alpha value is -0.870. The van der Waals surface area contributed by atoms with Gasteiger partial charge in [0.25, 0.3) is 5.91 Å². The van der Waals surface area contributed by atoms with Gasteiger partial charge in [0.15, 0.2) is 0 Å². The van der Waals surface area contributed by atoms with Crippen molar-refractivity contribution in [3.8, 4) is 0 Å². The Labute approximate surface area is 110 Å². The van der Waals surface area contributed by atoms with Crippen LogP contribution in [0.5, 0.6) is 0 Å². The van der Waals surface area contributed by atoms with Crippen molar-refractivity contribution < 1.29 is 9.53 Å². The molecule has 17 heavy (non-hydrogen) atoms. The minimum absolute atomic E-state index is 0.0336. The van der Waals surface area contributed by atoms with Gasteiger partial charge in [0, 0.05) is 16.4 Å². The number of amides is 1. The summed E-state index contributed by atoms with van der Waals surface area (Å²) in [5.41, 5.74) is 1.86. The molecule has 0 aliphatic carbocycles. The molecule has 3 nitrogen and oxygen atoms in total. The summed E-state index contributed by atoms with van der Waals surface area (Å²) >= 11 is 3.45. The minimum atomic E-state index is -0.0336. The molecular formula is C13H16BrNO2. The maximum Gasteiger partial charge on any atom is 0.252 e. The fraction of sp³-hybridized carbons (Fsp3) is 0.462. The Morgan fingerprint density at radius 1 is 1.53 bits per heavy atom. The highest BCUT2D eigenvalue weighted by atomic mass is 79.9. The number of nitrogens with one attached hydrogen (secondary N) is 1. The summed E-state index contributed by atoms with van der Waals surface area (Å²) < 4.78 is 6.03. The molecule has 0 saturated carbocycles. The van der Waals surface area contributed by atoms with Gasteiger partial charge >= 0.3 is 0 Å². The molecule has 1 aliphatic rings. The Balaban J connectivity index is 2.02. The van der Waals surface area contributed by atoms with Gasteiger partial charge in [-0.2, -0.15) is 0 Å². The maximum absolute atomic E-state index is 12.0. The summed E-state index contributed by atoms with van der Waals surface area (Å²) in [6, 6.07) is 5.69. The predicted octanol–water partition coefficient (Wildman–Crippen LogP) is 2.52. The second-order valence-corrected chi connectivity index (χ2v) is 5.72. The van der Waals surface area contributed by atoms with E-state index in [4.69, 9.17) is 4.74 Å². The Morgan fingerprint density at radius 3 is 2.82 bits per heavy atom. The summed E-state index contributed by atoms with van der Waals surface area (Å²) in [7, 11) is 0. The van der Waals surface area contributed by atoms with Crippen molar-refractivity contribution in [1.82, 2.24) is 5.32 Å². The van der Waals surface area contributed by atoms with E-state index in [1.54, 1.807) is 0 Å². The zero-order chi connectivity index (χ0) is 12.5. The molecule has 92 valence electrons. The molecule has 0 aromatic heterocycles. The number of halogens is 1. The van der Waals surface area contributed by atoms with Crippen LogP contribution in [0.2, 0.25) is 0 Å². The van der Waals surface area contributed by atoms with Crippen molar-refractivity contribution in [3.05, 3.63) is 33.8 Å². The summed E-state index contributed by atoms with van der Waals surface area (Å²) in [6.45, 7) is 6.20. The monoisotopic (exact) mass is 297 g/mol. The van der Waals surface area contributed by atoms with Gasteiger partial charge in [0.05, 0.1) is 18.8 Å². The molecule has 1 saturated heterocycles. The highest BCUT2D eigenvalue weighted by molar-refractivity contribution is 9.10. The van der Waals surface area contributed by atoms with Crippen molar-refractivity contribution in [2.24, 2.45) is 5.41 Å². The second kappa shape index (κ2) is 4.78. The molecule has 1 aliphatic heterocycles. The summed E-state index contributed by atoms with van der Waals surface area (Å²) in [6.07, 6.45) is 0. The summed E-state index contributed by atoms with van der Waals surface area (Å²) in [5, 5.41) is 2.96. The van der Waals surface area contributed by atoms with E-state index in [1.165, 1.54) is 0 Å². The van der Waals surface area contributed by atoms with Gasteiger partial charge in [-0.15, -0.1) is 0 Å². The van der Waals surface area contributed by atoms with E-state index in [1.807, 2.05) is 25.1 Å². The zero-order valence-corrected chi connectivity index (χ0v) is 11.6. The number of carbonyl (C=O) groups is 1. The Bertz CT molecular complexity index is 441. The van der Waals surface area contributed by atoms with Crippen molar-refractivity contribution >= 4 is 21.8 Å². The van der Waals surface area contributed by atoms with Crippen LogP contribution >= 0.6 is 15.9 Å². The average Bonchev–Trinajstić information content (AvgIpc) is 2.27. The zero-order valence-electron chi connectivity index (χ0n) is 10.0. The van der Waals surface area contributed by atoms with Gasteiger partial charge in [0.1, 0.15) is 0 Å². The van der Waals surface area contributed by atoms with Crippen LogP contribution in [0.25, 0.3) is 0 Å².